The highest BCUT2D eigenvalue weighted by atomic mass is 16.4. The lowest BCUT2D eigenvalue weighted by Crippen LogP contribution is -2.17. The molecule has 0 aliphatic rings. The third kappa shape index (κ3) is 2.31. The Hall–Kier alpha value is -1.32. The number of carbonyl (C=O) groups excluding carboxylic acids is 1. The Labute approximate surface area is 77.3 Å². The highest BCUT2D eigenvalue weighted by molar-refractivity contribution is 5.90. The average Bonchev–Trinajstić information content (AvgIpc) is 2.31. The van der Waals surface area contributed by atoms with Crippen molar-refractivity contribution in [3.05, 3.63) is 11.5 Å². The van der Waals surface area contributed by atoms with Crippen LogP contribution in [0.25, 0.3) is 0 Å². The molecule has 4 heteroatoms. The molecule has 1 aromatic heterocycles. The molecule has 0 unspecified atom stereocenters. The van der Waals surface area contributed by atoms with Crippen molar-refractivity contribution in [2.75, 3.05) is 5.32 Å². The van der Waals surface area contributed by atoms with Gasteiger partial charge in [0.25, 0.3) is 0 Å². The summed E-state index contributed by atoms with van der Waals surface area (Å²) >= 11 is 0. The van der Waals surface area contributed by atoms with Crippen LogP contribution in [0.4, 0.5) is 6.01 Å². The van der Waals surface area contributed by atoms with E-state index in [1.54, 1.807) is 0 Å². The number of anilines is 1. The van der Waals surface area contributed by atoms with Crippen molar-refractivity contribution in [3.8, 4) is 0 Å². The molecule has 13 heavy (non-hydrogen) atoms. The molecule has 0 saturated carbocycles. The second-order valence-corrected chi connectivity index (χ2v) is 3.30. The molecule has 1 heterocycles. The lowest BCUT2D eigenvalue weighted by atomic mass is 10.2. The first-order chi connectivity index (χ1) is 6.00. The first-order valence-electron chi connectivity index (χ1n) is 4.25. The van der Waals surface area contributed by atoms with E-state index in [0.717, 1.165) is 11.5 Å². The highest BCUT2D eigenvalue weighted by Crippen LogP contribution is 2.13. The summed E-state index contributed by atoms with van der Waals surface area (Å²) in [5.41, 5.74) is 0.805. The fourth-order valence-corrected chi connectivity index (χ4v) is 0.776. The van der Waals surface area contributed by atoms with Gasteiger partial charge in [-0.05, 0) is 13.8 Å². The van der Waals surface area contributed by atoms with Crippen molar-refractivity contribution < 1.29 is 9.21 Å². The minimum Gasteiger partial charge on any atom is -0.428 e. The molecular weight excluding hydrogens is 168 g/mol. The maximum absolute atomic E-state index is 11.2. The normalized spacial score (nSPS) is 10.5. The van der Waals surface area contributed by atoms with Crippen molar-refractivity contribution in [2.45, 2.75) is 27.7 Å². The van der Waals surface area contributed by atoms with Gasteiger partial charge in [0.15, 0.2) is 0 Å². The third-order valence-corrected chi connectivity index (χ3v) is 1.78. The van der Waals surface area contributed by atoms with Crippen molar-refractivity contribution in [3.63, 3.8) is 0 Å². The van der Waals surface area contributed by atoms with Crippen LogP contribution in [0.15, 0.2) is 4.42 Å². The summed E-state index contributed by atoms with van der Waals surface area (Å²) in [5, 5.41) is 2.59. The van der Waals surface area contributed by atoms with E-state index in [1.165, 1.54) is 0 Å². The maximum Gasteiger partial charge on any atom is 0.301 e. The second-order valence-electron chi connectivity index (χ2n) is 3.30. The van der Waals surface area contributed by atoms with Gasteiger partial charge < -0.3 is 4.42 Å². The summed E-state index contributed by atoms with van der Waals surface area (Å²) < 4.78 is 5.19. The Morgan fingerprint density at radius 2 is 2.08 bits per heavy atom. The van der Waals surface area contributed by atoms with Gasteiger partial charge in [0, 0.05) is 5.92 Å². The zero-order chi connectivity index (χ0) is 10.0. The molecule has 0 aromatic carbocycles. The second kappa shape index (κ2) is 3.60. The Kier molecular flexibility index (Phi) is 2.70. The Bertz CT molecular complexity index is 296. The predicted octanol–water partition coefficient (Wildman–Crippen LogP) is 1.89. The molecular formula is C9H14N2O2. The topological polar surface area (TPSA) is 55.1 Å². The van der Waals surface area contributed by atoms with E-state index in [2.05, 4.69) is 10.3 Å². The number of aryl methyl sites for hydroxylation is 2. The summed E-state index contributed by atoms with van der Waals surface area (Å²) in [6.07, 6.45) is 0. The molecule has 0 fully saturated rings. The molecule has 0 spiro atoms. The van der Waals surface area contributed by atoms with E-state index in [1.807, 2.05) is 27.7 Å². The van der Waals surface area contributed by atoms with Crippen LogP contribution >= 0.6 is 0 Å². The molecule has 0 radical (unpaired) electrons. The van der Waals surface area contributed by atoms with Gasteiger partial charge in [-0.25, -0.2) is 0 Å². The van der Waals surface area contributed by atoms with Crippen molar-refractivity contribution in [2.24, 2.45) is 5.92 Å². The summed E-state index contributed by atoms with van der Waals surface area (Å²) in [6, 6.07) is 0.286. The smallest absolute Gasteiger partial charge is 0.301 e. The number of hydrogen-bond donors (Lipinski definition) is 1. The lowest BCUT2D eigenvalue weighted by molar-refractivity contribution is -0.119. The molecule has 1 amide bonds. The van der Waals surface area contributed by atoms with Gasteiger partial charge in [0.05, 0.1) is 5.69 Å². The summed E-state index contributed by atoms with van der Waals surface area (Å²) in [5.74, 6) is 0.591. The van der Waals surface area contributed by atoms with Gasteiger partial charge >= 0.3 is 6.01 Å². The summed E-state index contributed by atoms with van der Waals surface area (Å²) in [7, 11) is 0. The van der Waals surface area contributed by atoms with Crippen LogP contribution in [0.2, 0.25) is 0 Å². The van der Waals surface area contributed by atoms with Gasteiger partial charge in [-0.15, -0.1) is 0 Å². The summed E-state index contributed by atoms with van der Waals surface area (Å²) in [4.78, 5) is 15.3. The lowest BCUT2D eigenvalue weighted by Gasteiger charge is -2.02. The van der Waals surface area contributed by atoms with Gasteiger partial charge in [0.2, 0.25) is 5.91 Å². The number of nitrogens with zero attached hydrogens (tertiary/aromatic N) is 1. The van der Waals surface area contributed by atoms with Crippen LogP contribution in [-0.2, 0) is 4.79 Å². The van der Waals surface area contributed by atoms with Crippen LogP contribution in [0.3, 0.4) is 0 Å². The van der Waals surface area contributed by atoms with Gasteiger partial charge in [0.1, 0.15) is 5.76 Å². The number of aromatic nitrogens is 1. The van der Waals surface area contributed by atoms with Crippen LogP contribution in [0.1, 0.15) is 25.3 Å². The number of amides is 1. The van der Waals surface area contributed by atoms with Crippen LogP contribution in [-0.4, -0.2) is 10.9 Å². The number of oxazole rings is 1. The standard InChI is InChI=1S/C9H14N2O2/c1-5(2)8(12)11-9-10-6(3)7(4)13-9/h5H,1-4H3,(H,10,11,12). The molecule has 0 bridgehead atoms. The van der Waals surface area contributed by atoms with Crippen LogP contribution in [0, 0.1) is 19.8 Å². The molecule has 0 aliphatic heterocycles. The Morgan fingerprint density at radius 1 is 1.46 bits per heavy atom. The molecule has 4 nitrogen and oxygen atoms in total. The summed E-state index contributed by atoms with van der Waals surface area (Å²) in [6.45, 7) is 7.28. The van der Waals surface area contributed by atoms with Crippen molar-refractivity contribution >= 4 is 11.9 Å². The minimum absolute atomic E-state index is 0.0625. The van der Waals surface area contributed by atoms with E-state index in [-0.39, 0.29) is 17.8 Å². The maximum atomic E-state index is 11.2. The molecule has 72 valence electrons. The van der Waals surface area contributed by atoms with Crippen LogP contribution in [0.5, 0.6) is 0 Å². The van der Waals surface area contributed by atoms with E-state index < -0.39 is 0 Å². The molecule has 1 N–H and O–H groups in total. The van der Waals surface area contributed by atoms with E-state index >= 15 is 0 Å². The number of carbonyl (C=O) groups is 1. The fraction of sp³-hybridized carbons (Fsp3) is 0.556. The number of nitrogens with one attached hydrogen (secondary N) is 1. The molecule has 0 atom stereocenters. The number of hydrogen-bond acceptors (Lipinski definition) is 3. The predicted molar refractivity (Wildman–Crippen MR) is 49.4 cm³/mol. The van der Waals surface area contributed by atoms with Gasteiger partial charge in [-0.3, -0.25) is 10.1 Å². The van der Waals surface area contributed by atoms with Crippen molar-refractivity contribution in [1.82, 2.24) is 4.98 Å². The Morgan fingerprint density at radius 3 is 2.46 bits per heavy atom. The SMILES string of the molecule is Cc1nc(NC(=O)C(C)C)oc1C. The zero-order valence-electron chi connectivity index (χ0n) is 8.34. The fourth-order valence-electron chi connectivity index (χ4n) is 0.776. The molecule has 0 aliphatic carbocycles. The molecule has 1 aromatic rings. The monoisotopic (exact) mass is 182 g/mol. The number of rotatable bonds is 2. The quantitative estimate of drug-likeness (QED) is 0.759. The Balaban J connectivity index is 2.70. The highest BCUT2D eigenvalue weighted by Gasteiger charge is 2.11. The first-order valence-corrected chi connectivity index (χ1v) is 4.25. The third-order valence-electron chi connectivity index (χ3n) is 1.78. The van der Waals surface area contributed by atoms with E-state index in [4.69, 9.17) is 4.42 Å². The van der Waals surface area contributed by atoms with Crippen molar-refractivity contribution in [1.29, 1.82) is 0 Å². The average molecular weight is 182 g/mol. The first kappa shape index (κ1) is 9.77. The van der Waals surface area contributed by atoms with Crippen LogP contribution < -0.4 is 5.32 Å². The van der Waals surface area contributed by atoms with Gasteiger partial charge in [-0.2, -0.15) is 4.98 Å². The van der Waals surface area contributed by atoms with E-state index in [9.17, 15) is 4.79 Å². The largest absolute Gasteiger partial charge is 0.428 e. The minimum atomic E-state index is -0.0822. The molecule has 0 saturated heterocycles. The van der Waals surface area contributed by atoms with Gasteiger partial charge in [-0.1, -0.05) is 13.8 Å². The zero-order valence-corrected chi connectivity index (χ0v) is 8.34. The van der Waals surface area contributed by atoms with E-state index in [0.29, 0.717) is 0 Å². The molecule has 1 rings (SSSR count).